The van der Waals surface area contributed by atoms with Crippen LogP contribution in [0.25, 0.3) is 0 Å². The number of methoxy groups -OCH3 is 1. The number of carbonyl (C=O) groups excluding carboxylic acids is 1. The van der Waals surface area contributed by atoms with Crippen molar-refractivity contribution in [1.82, 2.24) is 0 Å². The van der Waals surface area contributed by atoms with Crippen LogP contribution in [0.15, 0.2) is 12.1 Å². The molecule has 0 radical (unpaired) electrons. The zero-order valence-electron chi connectivity index (χ0n) is 11.9. The fourth-order valence-corrected chi connectivity index (χ4v) is 2.97. The predicted octanol–water partition coefficient (Wildman–Crippen LogP) is 3.05. The molecule has 0 atom stereocenters. The van der Waals surface area contributed by atoms with Crippen LogP contribution in [0.3, 0.4) is 0 Å². The number of aliphatic hydroxyl groups excluding tert-OH is 1. The highest BCUT2D eigenvalue weighted by atomic mass is 16.5. The zero-order valence-corrected chi connectivity index (χ0v) is 11.9. The van der Waals surface area contributed by atoms with Gasteiger partial charge < -0.3 is 9.84 Å². The third-order valence-electron chi connectivity index (χ3n) is 3.96. The quantitative estimate of drug-likeness (QED) is 0.852. The summed E-state index contributed by atoms with van der Waals surface area (Å²) in [6.07, 6.45) is 2.77. The van der Waals surface area contributed by atoms with Gasteiger partial charge in [0.05, 0.1) is 18.8 Å². The molecule has 1 aliphatic carbocycles. The first-order chi connectivity index (χ1) is 9.02. The van der Waals surface area contributed by atoms with E-state index in [0.29, 0.717) is 11.3 Å². The first kappa shape index (κ1) is 14.1. The summed E-state index contributed by atoms with van der Waals surface area (Å²) in [5, 5.41) is 9.53. The molecule has 0 heterocycles. The van der Waals surface area contributed by atoms with Crippen LogP contribution in [0.5, 0.6) is 5.75 Å². The molecule has 0 bridgehead atoms. The monoisotopic (exact) mass is 262 g/mol. The van der Waals surface area contributed by atoms with Gasteiger partial charge >= 0.3 is 0 Å². The summed E-state index contributed by atoms with van der Waals surface area (Å²) in [7, 11) is 1.61. The average Bonchev–Trinajstić information content (AvgIpc) is 2.38. The minimum absolute atomic E-state index is 0.0264. The maximum absolute atomic E-state index is 12.6. The summed E-state index contributed by atoms with van der Waals surface area (Å²) < 4.78 is 5.39. The van der Waals surface area contributed by atoms with Crippen LogP contribution in [0.1, 0.15) is 47.2 Å². The second-order valence-electron chi connectivity index (χ2n) is 5.53. The second kappa shape index (κ2) is 5.74. The first-order valence-electron chi connectivity index (χ1n) is 6.90. The molecule has 1 fully saturated rings. The van der Waals surface area contributed by atoms with E-state index < -0.39 is 0 Å². The molecule has 1 saturated carbocycles. The number of aliphatic hydroxyl groups is 1. The van der Waals surface area contributed by atoms with Gasteiger partial charge in [-0.3, -0.25) is 4.79 Å². The summed E-state index contributed by atoms with van der Waals surface area (Å²) in [6, 6.07) is 3.94. The van der Waals surface area contributed by atoms with Gasteiger partial charge in [-0.05, 0) is 56.7 Å². The van der Waals surface area contributed by atoms with Crippen molar-refractivity contribution in [3.63, 3.8) is 0 Å². The smallest absolute Gasteiger partial charge is 0.169 e. The Morgan fingerprint density at radius 1 is 1.21 bits per heavy atom. The lowest BCUT2D eigenvalue weighted by atomic mass is 9.82. The van der Waals surface area contributed by atoms with E-state index in [0.717, 1.165) is 36.8 Å². The summed E-state index contributed by atoms with van der Waals surface area (Å²) in [5.74, 6) is 0.885. The van der Waals surface area contributed by atoms with Crippen LogP contribution in [0, 0.1) is 19.8 Å². The Labute approximate surface area is 114 Å². The topological polar surface area (TPSA) is 46.5 Å². The van der Waals surface area contributed by atoms with E-state index in [1.54, 1.807) is 7.11 Å². The Balaban J connectivity index is 2.28. The van der Waals surface area contributed by atoms with Crippen molar-refractivity contribution < 1.29 is 14.6 Å². The fourth-order valence-electron chi connectivity index (χ4n) is 2.97. The van der Waals surface area contributed by atoms with Crippen LogP contribution in [-0.2, 0) is 0 Å². The number of ether oxygens (including phenoxy) is 1. The summed E-state index contributed by atoms with van der Waals surface area (Å²) >= 11 is 0. The number of carbonyl (C=O) groups is 1. The molecule has 0 saturated heterocycles. The van der Waals surface area contributed by atoms with Crippen molar-refractivity contribution in [2.75, 3.05) is 7.11 Å². The minimum Gasteiger partial charge on any atom is -0.496 e. The van der Waals surface area contributed by atoms with Crippen LogP contribution in [0.4, 0.5) is 0 Å². The molecule has 3 nitrogen and oxygen atoms in total. The van der Waals surface area contributed by atoms with Gasteiger partial charge in [-0.1, -0.05) is 6.07 Å². The van der Waals surface area contributed by atoms with Crippen LogP contribution in [-0.4, -0.2) is 24.1 Å². The maximum atomic E-state index is 12.6. The second-order valence-corrected chi connectivity index (χ2v) is 5.53. The number of hydrogen-bond donors (Lipinski definition) is 1. The summed E-state index contributed by atoms with van der Waals surface area (Å²) in [5.41, 5.74) is 2.78. The lowest BCUT2D eigenvalue weighted by molar-refractivity contribution is 0.0761. The van der Waals surface area contributed by atoms with Crippen LogP contribution in [0.2, 0.25) is 0 Å². The van der Waals surface area contributed by atoms with E-state index in [2.05, 4.69) is 0 Å². The van der Waals surface area contributed by atoms with Gasteiger partial charge in [-0.2, -0.15) is 0 Å². The van der Waals surface area contributed by atoms with Crippen LogP contribution >= 0.6 is 0 Å². The van der Waals surface area contributed by atoms with Crippen molar-refractivity contribution in [3.8, 4) is 5.75 Å². The molecule has 104 valence electrons. The van der Waals surface area contributed by atoms with E-state index in [1.165, 1.54) is 0 Å². The normalized spacial score (nSPS) is 23.2. The average molecular weight is 262 g/mol. The highest BCUT2D eigenvalue weighted by Gasteiger charge is 2.28. The number of ketones is 1. The van der Waals surface area contributed by atoms with Gasteiger partial charge in [0, 0.05) is 5.92 Å². The summed E-state index contributed by atoms with van der Waals surface area (Å²) in [6.45, 7) is 3.96. The van der Waals surface area contributed by atoms with Gasteiger partial charge in [0.15, 0.2) is 5.78 Å². The van der Waals surface area contributed by atoms with Crippen molar-refractivity contribution in [1.29, 1.82) is 0 Å². The molecule has 1 aromatic carbocycles. The zero-order chi connectivity index (χ0) is 14.0. The summed E-state index contributed by atoms with van der Waals surface area (Å²) in [4.78, 5) is 12.6. The lowest BCUT2D eigenvalue weighted by Gasteiger charge is -2.25. The predicted molar refractivity (Wildman–Crippen MR) is 74.8 cm³/mol. The van der Waals surface area contributed by atoms with Gasteiger partial charge in [0.1, 0.15) is 5.75 Å². The van der Waals surface area contributed by atoms with Crippen LogP contribution < -0.4 is 4.74 Å². The fraction of sp³-hybridized carbons (Fsp3) is 0.562. The molecule has 0 unspecified atom stereocenters. The molecule has 1 N–H and O–H groups in total. The molecule has 3 heteroatoms. The molecular weight excluding hydrogens is 240 g/mol. The molecule has 0 aromatic heterocycles. The molecule has 2 rings (SSSR count). The highest BCUT2D eigenvalue weighted by Crippen LogP contribution is 2.32. The van der Waals surface area contributed by atoms with Gasteiger partial charge in [-0.25, -0.2) is 0 Å². The Bertz CT molecular complexity index is 471. The number of benzene rings is 1. The number of hydrogen-bond acceptors (Lipinski definition) is 3. The van der Waals surface area contributed by atoms with E-state index in [1.807, 2.05) is 26.0 Å². The Morgan fingerprint density at radius 3 is 2.42 bits per heavy atom. The number of aryl methyl sites for hydroxylation is 2. The SMILES string of the molecule is COc1c(C)cc(C)cc1C(=O)C1CCC(O)CC1. The van der Waals surface area contributed by atoms with Crippen molar-refractivity contribution in [2.24, 2.45) is 5.92 Å². The minimum atomic E-state index is -0.231. The van der Waals surface area contributed by atoms with Gasteiger partial charge in [-0.15, -0.1) is 0 Å². The Morgan fingerprint density at radius 2 is 1.84 bits per heavy atom. The highest BCUT2D eigenvalue weighted by molar-refractivity contribution is 6.01. The number of Topliss-reactive ketones (excluding diaryl/α,β-unsaturated/α-hetero) is 1. The largest absolute Gasteiger partial charge is 0.496 e. The van der Waals surface area contributed by atoms with Gasteiger partial charge in [0.2, 0.25) is 0 Å². The molecule has 0 spiro atoms. The first-order valence-corrected chi connectivity index (χ1v) is 6.90. The molecule has 0 aliphatic heterocycles. The van der Waals surface area contributed by atoms with E-state index in [-0.39, 0.29) is 17.8 Å². The van der Waals surface area contributed by atoms with Crippen molar-refractivity contribution in [2.45, 2.75) is 45.6 Å². The molecule has 19 heavy (non-hydrogen) atoms. The Hall–Kier alpha value is -1.35. The van der Waals surface area contributed by atoms with Crippen molar-refractivity contribution in [3.05, 3.63) is 28.8 Å². The third-order valence-corrected chi connectivity index (χ3v) is 3.96. The molecule has 0 amide bonds. The lowest BCUT2D eigenvalue weighted by Crippen LogP contribution is -2.24. The van der Waals surface area contributed by atoms with Crippen molar-refractivity contribution >= 4 is 5.78 Å². The third kappa shape index (κ3) is 2.98. The molecule has 1 aromatic rings. The van der Waals surface area contributed by atoms with E-state index >= 15 is 0 Å². The standard InChI is InChI=1S/C16H22O3/c1-10-8-11(2)16(19-3)14(9-10)15(18)12-4-6-13(17)7-5-12/h8-9,12-13,17H,4-7H2,1-3H3. The maximum Gasteiger partial charge on any atom is 0.169 e. The molecular formula is C16H22O3. The van der Waals surface area contributed by atoms with Gasteiger partial charge in [0.25, 0.3) is 0 Å². The van der Waals surface area contributed by atoms with E-state index in [4.69, 9.17) is 4.74 Å². The number of rotatable bonds is 3. The molecule has 1 aliphatic rings. The Kier molecular flexibility index (Phi) is 4.25. The van der Waals surface area contributed by atoms with E-state index in [9.17, 15) is 9.90 Å².